The summed E-state index contributed by atoms with van der Waals surface area (Å²) in [5.41, 5.74) is 5.87. The van der Waals surface area contributed by atoms with Crippen molar-refractivity contribution in [3.63, 3.8) is 0 Å². The number of hydrogen-bond acceptors (Lipinski definition) is 6. The summed E-state index contributed by atoms with van der Waals surface area (Å²) in [4.78, 5) is 18.5. The van der Waals surface area contributed by atoms with Crippen LogP contribution in [0.25, 0.3) is 0 Å². The molecule has 2 atom stereocenters. The molecule has 152 valence electrons. The minimum absolute atomic E-state index is 0.214. The summed E-state index contributed by atoms with van der Waals surface area (Å²) in [6.07, 6.45) is 2.00. The highest BCUT2D eigenvalue weighted by Gasteiger charge is 2.41. The van der Waals surface area contributed by atoms with Crippen molar-refractivity contribution < 1.29 is 9.47 Å². The van der Waals surface area contributed by atoms with E-state index in [1.54, 1.807) is 12.3 Å². The third-order valence-electron chi connectivity index (χ3n) is 5.28. The fourth-order valence-electron chi connectivity index (χ4n) is 3.49. The first-order valence-corrected chi connectivity index (χ1v) is 9.80. The molecule has 0 radical (unpaired) electrons. The van der Waals surface area contributed by atoms with Gasteiger partial charge in [-0.3, -0.25) is 9.47 Å². The van der Waals surface area contributed by atoms with Crippen LogP contribution in [0, 0.1) is 0 Å². The van der Waals surface area contributed by atoms with Gasteiger partial charge in [-0.25, -0.2) is 4.79 Å². The molecule has 2 heterocycles. The molecule has 0 unspecified atom stereocenters. The number of morpholine rings is 1. The molecule has 2 aromatic rings. The van der Waals surface area contributed by atoms with Crippen molar-refractivity contribution in [2.24, 2.45) is 0 Å². The number of hydrogen-bond donors (Lipinski definition) is 1. The molecule has 0 saturated carbocycles. The van der Waals surface area contributed by atoms with Crippen molar-refractivity contribution in [1.29, 1.82) is 0 Å². The van der Waals surface area contributed by atoms with E-state index in [4.69, 9.17) is 15.2 Å². The average Bonchev–Trinajstić information content (AvgIpc) is 2.68. The van der Waals surface area contributed by atoms with Gasteiger partial charge in [0.2, 0.25) is 0 Å². The van der Waals surface area contributed by atoms with E-state index in [0.29, 0.717) is 25.8 Å². The summed E-state index contributed by atoms with van der Waals surface area (Å²) in [6, 6.07) is 12.0. The van der Waals surface area contributed by atoms with Crippen LogP contribution in [0.15, 0.2) is 47.4 Å². The minimum atomic E-state index is -0.497. The Hall–Kier alpha value is -2.22. The Morgan fingerprint density at radius 3 is 2.71 bits per heavy atom. The van der Waals surface area contributed by atoms with Crippen LogP contribution in [0.4, 0.5) is 5.82 Å². The molecule has 2 N–H and O–H groups in total. The largest absolute Gasteiger partial charge is 0.383 e. The van der Waals surface area contributed by atoms with Crippen molar-refractivity contribution in [2.75, 3.05) is 25.4 Å². The average molecular weight is 386 g/mol. The fraction of sp³-hybridized carbons (Fsp3) is 0.524. The lowest BCUT2D eigenvalue weighted by Crippen LogP contribution is -2.58. The van der Waals surface area contributed by atoms with Gasteiger partial charge < -0.3 is 15.2 Å². The minimum Gasteiger partial charge on any atom is -0.383 e. The molecule has 0 amide bonds. The lowest BCUT2D eigenvalue weighted by atomic mass is 9.97. The number of benzene rings is 1. The van der Waals surface area contributed by atoms with Gasteiger partial charge in [0.25, 0.3) is 0 Å². The van der Waals surface area contributed by atoms with E-state index in [-0.39, 0.29) is 5.82 Å². The molecule has 1 aliphatic heterocycles. The van der Waals surface area contributed by atoms with Gasteiger partial charge in [-0.2, -0.15) is 4.98 Å². The summed E-state index contributed by atoms with van der Waals surface area (Å²) < 4.78 is 14.0. The third-order valence-corrected chi connectivity index (χ3v) is 5.28. The predicted octanol–water partition coefficient (Wildman–Crippen LogP) is 2.43. The lowest BCUT2D eigenvalue weighted by molar-refractivity contribution is -0.214. The molecular formula is C21H30N4O3. The monoisotopic (exact) mass is 386 g/mol. The van der Waals surface area contributed by atoms with Gasteiger partial charge >= 0.3 is 5.69 Å². The van der Waals surface area contributed by atoms with Crippen LogP contribution in [0.1, 0.15) is 39.0 Å². The summed E-state index contributed by atoms with van der Waals surface area (Å²) in [7, 11) is 0. The maximum Gasteiger partial charge on any atom is 0.351 e. The summed E-state index contributed by atoms with van der Waals surface area (Å²) in [5.74, 6) is 0.214. The first-order valence-electron chi connectivity index (χ1n) is 9.80. The zero-order valence-electron chi connectivity index (χ0n) is 16.9. The molecule has 1 saturated heterocycles. The first kappa shape index (κ1) is 20.5. The highest BCUT2D eigenvalue weighted by Crippen LogP contribution is 2.31. The summed E-state index contributed by atoms with van der Waals surface area (Å²) >= 11 is 0. The molecule has 1 fully saturated rings. The second-order valence-corrected chi connectivity index (χ2v) is 7.65. The highest BCUT2D eigenvalue weighted by atomic mass is 16.6. The van der Waals surface area contributed by atoms with Gasteiger partial charge in [0.05, 0.1) is 13.2 Å². The topological polar surface area (TPSA) is 82.6 Å². The van der Waals surface area contributed by atoms with Crippen molar-refractivity contribution in [3.8, 4) is 0 Å². The maximum absolute atomic E-state index is 12.4. The van der Waals surface area contributed by atoms with Crippen LogP contribution in [0.2, 0.25) is 0 Å². The second-order valence-electron chi connectivity index (χ2n) is 7.65. The van der Waals surface area contributed by atoms with E-state index in [9.17, 15) is 4.79 Å². The molecule has 7 heteroatoms. The molecule has 1 aromatic carbocycles. The first-order chi connectivity index (χ1) is 13.4. The zero-order chi connectivity index (χ0) is 20.1. The smallest absolute Gasteiger partial charge is 0.351 e. The van der Waals surface area contributed by atoms with Crippen LogP contribution in [-0.4, -0.2) is 45.8 Å². The van der Waals surface area contributed by atoms with Crippen molar-refractivity contribution >= 4 is 5.82 Å². The van der Waals surface area contributed by atoms with Gasteiger partial charge in [-0.05, 0) is 31.9 Å². The molecule has 0 spiro atoms. The lowest BCUT2D eigenvalue weighted by Gasteiger charge is -2.47. The fourth-order valence-corrected chi connectivity index (χ4v) is 3.49. The number of nitrogens with two attached hydrogens (primary N) is 1. The Morgan fingerprint density at radius 2 is 2.07 bits per heavy atom. The van der Waals surface area contributed by atoms with E-state index in [0.717, 1.165) is 18.5 Å². The van der Waals surface area contributed by atoms with Crippen LogP contribution < -0.4 is 11.4 Å². The maximum atomic E-state index is 12.4. The van der Waals surface area contributed by atoms with Crippen LogP contribution in [0.5, 0.6) is 0 Å². The number of aromatic nitrogens is 2. The van der Waals surface area contributed by atoms with Crippen LogP contribution in [0.3, 0.4) is 0 Å². The van der Waals surface area contributed by atoms with Crippen molar-refractivity contribution in [3.05, 3.63) is 58.6 Å². The normalized spacial score (nSPS) is 23.2. The number of ether oxygens (including phenoxy) is 2. The van der Waals surface area contributed by atoms with Crippen LogP contribution in [-0.2, 0) is 16.1 Å². The standard InChI is InChI=1S/C21H30N4O3/c1-4-21(15-27-13-17-8-6-5-7-9-17)14-24(16(2)3)12-19(28-21)25-11-10-18(22)23-20(25)26/h5-11,16,19H,4,12-15H2,1-3H3,(H2,22,23,26)/t19-,21+/m1/s1. The van der Waals surface area contributed by atoms with E-state index in [2.05, 4.69) is 30.7 Å². The second kappa shape index (κ2) is 8.86. The number of rotatable bonds is 7. The molecule has 28 heavy (non-hydrogen) atoms. The SMILES string of the molecule is CC[C@@]1(COCc2ccccc2)CN(C(C)C)C[C@H](n2ccc(N)nc2=O)O1. The zero-order valence-corrected chi connectivity index (χ0v) is 16.9. The Bertz CT molecular complexity index is 824. The van der Waals surface area contributed by atoms with E-state index in [1.807, 2.05) is 30.3 Å². The Kier molecular flexibility index (Phi) is 6.49. The van der Waals surface area contributed by atoms with E-state index in [1.165, 1.54) is 4.57 Å². The number of anilines is 1. The third kappa shape index (κ3) is 4.79. The molecule has 1 aliphatic rings. The highest BCUT2D eigenvalue weighted by molar-refractivity contribution is 5.23. The predicted molar refractivity (Wildman–Crippen MR) is 109 cm³/mol. The number of nitrogens with zero attached hydrogens (tertiary/aromatic N) is 3. The van der Waals surface area contributed by atoms with Gasteiger partial charge in [-0.1, -0.05) is 37.3 Å². The summed E-state index contributed by atoms with van der Waals surface area (Å²) in [6.45, 7) is 8.75. The molecule has 0 bridgehead atoms. The van der Waals surface area contributed by atoms with Crippen molar-refractivity contribution in [1.82, 2.24) is 14.5 Å². The van der Waals surface area contributed by atoms with Gasteiger partial charge in [0.1, 0.15) is 11.4 Å². The van der Waals surface area contributed by atoms with Crippen molar-refractivity contribution in [2.45, 2.75) is 51.7 Å². The molecule has 0 aliphatic carbocycles. The number of nitrogen functional groups attached to an aromatic ring is 1. The molecular weight excluding hydrogens is 356 g/mol. The van der Waals surface area contributed by atoms with Gasteiger partial charge in [0.15, 0.2) is 6.23 Å². The summed E-state index contributed by atoms with van der Waals surface area (Å²) in [5, 5.41) is 0. The van der Waals surface area contributed by atoms with Crippen LogP contribution >= 0.6 is 0 Å². The molecule has 7 nitrogen and oxygen atoms in total. The quantitative estimate of drug-likeness (QED) is 0.787. The Morgan fingerprint density at radius 1 is 1.32 bits per heavy atom. The Balaban J connectivity index is 1.79. The van der Waals surface area contributed by atoms with E-state index >= 15 is 0 Å². The van der Waals surface area contributed by atoms with Gasteiger partial charge in [0, 0.05) is 25.3 Å². The van der Waals surface area contributed by atoms with Gasteiger partial charge in [-0.15, -0.1) is 0 Å². The van der Waals surface area contributed by atoms with E-state index < -0.39 is 17.5 Å². The Labute approximate surface area is 166 Å². The molecule has 1 aromatic heterocycles. The molecule has 3 rings (SSSR count).